The molecule has 0 aliphatic rings. The number of nitrogens with zero attached hydrogens (tertiary/aromatic N) is 1. The number of hydrogen-bond acceptors (Lipinski definition) is 2. The van der Waals surface area contributed by atoms with Gasteiger partial charge in [-0.25, -0.2) is 9.18 Å². The molecule has 0 unspecified atom stereocenters. The third kappa shape index (κ3) is 2.07. The van der Waals surface area contributed by atoms with Crippen LogP contribution < -0.4 is 10.4 Å². The molecule has 0 saturated heterocycles. The fourth-order valence-electron chi connectivity index (χ4n) is 2.25. The molecule has 0 spiro atoms. The van der Waals surface area contributed by atoms with Crippen molar-refractivity contribution in [2.24, 2.45) is 0 Å². The van der Waals surface area contributed by atoms with Crippen molar-refractivity contribution < 1.29 is 9.13 Å². The molecule has 0 atom stereocenters. The van der Waals surface area contributed by atoms with Gasteiger partial charge >= 0.3 is 5.69 Å². The van der Waals surface area contributed by atoms with Gasteiger partial charge in [-0.15, -0.1) is 0 Å². The lowest BCUT2D eigenvalue weighted by molar-refractivity contribution is 0.419. The highest BCUT2D eigenvalue weighted by atomic mass is 19.1. The summed E-state index contributed by atoms with van der Waals surface area (Å²) in [6, 6.07) is 11.6. The molecular weight excluding hydrogens is 259 g/mol. The molecule has 3 aromatic rings. The average Bonchev–Trinajstić information content (AvgIpc) is 2.77. The second kappa shape index (κ2) is 4.85. The van der Waals surface area contributed by atoms with Crippen LogP contribution in [0.4, 0.5) is 4.39 Å². The lowest BCUT2D eigenvalue weighted by atomic mass is 10.2. The second-order valence-electron chi connectivity index (χ2n) is 4.50. The maximum atomic E-state index is 12.9. The van der Waals surface area contributed by atoms with Crippen molar-refractivity contribution in [1.82, 2.24) is 9.55 Å². The predicted molar refractivity (Wildman–Crippen MR) is 74.6 cm³/mol. The van der Waals surface area contributed by atoms with Gasteiger partial charge in [0, 0.05) is 0 Å². The fourth-order valence-corrected chi connectivity index (χ4v) is 2.25. The molecule has 0 radical (unpaired) electrons. The van der Waals surface area contributed by atoms with Crippen LogP contribution in [-0.4, -0.2) is 16.7 Å². The molecule has 0 aliphatic heterocycles. The van der Waals surface area contributed by atoms with E-state index in [1.807, 2.05) is 12.1 Å². The van der Waals surface area contributed by atoms with E-state index in [0.29, 0.717) is 17.8 Å². The highest BCUT2D eigenvalue weighted by Gasteiger charge is 2.10. The molecule has 0 saturated carbocycles. The molecule has 1 aromatic heterocycles. The number of methoxy groups -OCH3 is 1. The second-order valence-corrected chi connectivity index (χ2v) is 4.50. The largest absolute Gasteiger partial charge is 0.494 e. The number of halogens is 1. The average molecular weight is 272 g/mol. The van der Waals surface area contributed by atoms with Gasteiger partial charge in [0.15, 0.2) is 0 Å². The van der Waals surface area contributed by atoms with Crippen molar-refractivity contribution >= 4 is 11.0 Å². The zero-order valence-corrected chi connectivity index (χ0v) is 10.9. The van der Waals surface area contributed by atoms with E-state index in [-0.39, 0.29) is 11.5 Å². The normalized spacial score (nSPS) is 10.9. The molecule has 0 fully saturated rings. The number of H-pyrrole nitrogens is 1. The van der Waals surface area contributed by atoms with E-state index in [2.05, 4.69) is 4.98 Å². The summed E-state index contributed by atoms with van der Waals surface area (Å²) in [6.07, 6.45) is 0. The summed E-state index contributed by atoms with van der Waals surface area (Å²) < 4.78 is 19.7. The van der Waals surface area contributed by atoms with E-state index in [1.54, 1.807) is 29.9 Å². The third-order valence-corrected chi connectivity index (χ3v) is 3.25. The van der Waals surface area contributed by atoms with Crippen LogP contribution in [0, 0.1) is 5.82 Å². The van der Waals surface area contributed by atoms with Crippen molar-refractivity contribution in [2.75, 3.05) is 7.11 Å². The molecule has 20 heavy (non-hydrogen) atoms. The van der Waals surface area contributed by atoms with Gasteiger partial charge in [-0.05, 0) is 29.8 Å². The number of rotatable bonds is 3. The minimum absolute atomic E-state index is 0.214. The standard InChI is InChI=1S/C15H13FN2O2/c1-20-13-4-2-3-12-14(13)17-15(19)18(12)9-10-5-7-11(16)8-6-10/h2-8H,9H2,1H3,(H,17,19). The number of benzene rings is 2. The van der Waals surface area contributed by atoms with E-state index in [1.165, 1.54) is 12.1 Å². The molecule has 0 amide bonds. The molecule has 4 nitrogen and oxygen atoms in total. The highest BCUT2D eigenvalue weighted by molar-refractivity contribution is 5.81. The van der Waals surface area contributed by atoms with E-state index in [0.717, 1.165) is 11.1 Å². The van der Waals surface area contributed by atoms with Gasteiger partial charge in [-0.3, -0.25) is 4.57 Å². The van der Waals surface area contributed by atoms with E-state index < -0.39 is 0 Å². The van der Waals surface area contributed by atoms with Crippen molar-refractivity contribution in [3.8, 4) is 5.75 Å². The van der Waals surface area contributed by atoms with Crippen molar-refractivity contribution in [1.29, 1.82) is 0 Å². The molecular formula is C15H13FN2O2. The Balaban J connectivity index is 2.10. The number of imidazole rings is 1. The maximum absolute atomic E-state index is 12.9. The fraction of sp³-hybridized carbons (Fsp3) is 0.133. The molecule has 102 valence electrons. The number of nitrogens with one attached hydrogen (secondary N) is 1. The van der Waals surface area contributed by atoms with E-state index >= 15 is 0 Å². The Morgan fingerprint density at radius 3 is 2.65 bits per heavy atom. The first-order valence-electron chi connectivity index (χ1n) is 6.19. The van der Waals surface area contributed by atoms with Gasteiger partial charge in [0.25, 0.3) is 0 Å². The van der Waals surface area contributed by atoms with E-state index in [9.17, 15) is 9.18 Å². The van der Waals surface area contributed by atoms with Gasteiger partial charge < -0.3 is 9.72 Å². The monoisotopic (exact) mass is 272 g/mol. The van der Waals surface area contributed by atoms with Crippen LogP contribution in [0.5, 0.6) is 5.75 Å². The Hall–Kier alpha value is -2.56. The highest BCUT2D eigenvalue weighted by Crippen LogP contribution is 2.22. The molecule has 5 heteroatoms. The first-order chi connectivity index (χ1) is 9.69. The summed E-state index contributed by atoms with van der Waals surface area (Å²) in [5, 5.41) is 0. The van der Waals surface area contributed by atoms with E-state index in [4.69, 9.17) is 4.74 Å². The van der Waals surface area contributed by atoms with Gasteiger partial charge in [-0.2, -0.15) is 0 Å². The Labute approximate surface area is 114 Å². The summed E-state index contributed by atoms with van der Waals surface area (Å²) in [6.45, 7) is 0.381. The third-order valence-electron chi connectivity index (χ3n) is 3.25. The Morgan fingerprint density at radius 1 is 1.20 bits per heavy atom. The van der Waals surface area contributed by atoms with Gasteiger partial charge in [0.2, 0.25) is 0 Å². The number of aromatic amines is 1. The zero-order chi connectivity index (χ0) is 14.1. The molecule has 2 aromatic carbocycles. The summed E-state index contributed by atoms with van der Waals surface area (Å²) in [5.74, 6) is 0.333. The summed E-state index contributed by atoms with van der Waals surface area (Å²) in [5.41, 5.74) is 2.08. The summed E-state index contributed by atoms with van der Waals surface area (Å²) in [4.78, 5) is 14.8. The number of fused-ring (bicyclic) bond motifs is 1. The van der Waals surface area contributed by atoms with Crippen LogP contribution in [0.3, 0.4) is 0 Å². The lowest BCUT2D eigenvalue weighted by Gasteiger charge is -2.05. The van der Waals surface area contributed by atoms with Crippen LogP contribution in [-0.2, 0) is 6.54 Å². The molecule has 1 heterocycles. The maximum Gasteiger partial charge on any atom is 0.326 e. The number of hydrogen-bond donors (Lipinski definition) is 1. The number of para-hydroxylation sites is 1. The SMILES string of the molecule is COc1cccc2c1[nH]c(=O)n2Cc1ccc(F)cc1. The Kier molecular flexibility index (Phi) is 3.02. The molecule has 0 aliphatic carbocycles. The Bertz CT molecular complexity index is 803. The van der Waals surface area contributed by atoms with Crippen LogP contribution in [0.15, 0.2) is 47.3 Å². The quantitative estimate of drug-likeness (QED) is 0.796. The minimum atomic E-state index is -0.290. The smallest absolute Gasteiger partial charge is 0.326 e. The first-order valence-corrected chi connectivity index (χ1v) is 6.19. The Morgan fingerprint density at radius 2 is 1.95 bits per heavy atom. The number of aromatic nitrogens is 2. The van der Waals surface area contributed by atoms with Crippen LogP contribution in [0.1, 0.15) is 5.56 Å². The topological polar surface area (TPSA) is 47.0 Å². The number of ether oxygens (including phenoxy) is 1. The van der Waals surface area contributed by atoms with Crippen LogP contribution in [0.25, 0.3) is 11.0 Å². The molecule has 0 bridgehead atoms. The zero-order valence-electron chi connectivity index (χ0n) is 10.9. The predicted octanol–water partition coefficient (Wildman–Crippen LogP) is 2.53. The van der Waals surface area contributed by atoms with Crippen LogP contribution >= 0.6 is 0 Å². The first kappa shape index (κ1) is 12.5. The van der Waals surface area contributed by atoms with Crippen molar-refractivity contribution in [3.05, 3.63) is 64.3 Å². The minimum Gasteiger partial charge on any atom is -0.494 e. The van der Waals surface area contributed by atoms with Crippen LogP contribution in [0.2, 0.25) is 0 Å². The van der Waals surface area contributed by atoms with Gasteiger partial charge in [-0.1, -0.05) is 18.2 Å². The van der Waals surface area contributed by atoms with Gasteiger partial charge in [0.05, 0.1) is 19.2 Å². The van der Waals surface area contributed by atoms with Crippen molar-refractivity contribution in [3.63, 3.8) is 0 Å². The molecule has 3 rings (SSSR count). The molecule has 1 N–H and O–H groups in total. The lowest BCUT2D eigenvalue weighted by Crippen LogP contribution is -2.17. The summed E-state index contributed by atoms with van der Waals surface area (Å²) in [7, 11) is 1.56. The van der Waals surface area contributed by atoms with Crippen molar-refractivity contribution in [2.45, 2.75) is 6.54 Å². The van der Waals surface area contributed by atoms with Gasteiger partial charge in [0.1, 0.15) is 17.1 Å². The summed E-state index contributed by atoms with van der Waals surface area (Å²) >= 11 is 0.